The summed E-state index contributed by atoms with van der Waals surface area (Å²) in [5, 5.41) is 9.19. The molecule has 19 heavy (non-hydrogen) atoms. The molecule has 0 amide bonds. The average molecular weight is 269 g/mol. The third kappa shape index (κ3) is 2.88. The second-order valence-electron chi connectivity index (χ2n) is 4.66. The van der Waals surface area contributed by atoms with E-state index in [9.17, 15) is 18.4 Å². The number of piperazine rings is 1. The topological polar surface area (TPSA) is 30.3 Å². The first kappa shape index (κ1) is 13.8. The highest BCUT2D eigenvalue weighted by Crippen LogP contribution is 2.25. The van der Waals surface area contributed by atoms with Gasteiger partial charge in [-0.3, -0.25) is 4.90 Å². The second-order valence-corrected chi connectivity index (χ2v) is 4.66. The number of hydrogen-bond donors (Lipinski definition) is 0. The molecular formula is C13H14F3N3. The van der Waals surface area contributed by atoms with Gasteiger partial charge in [-0.1, -0.05) is 0 Å². The molecule has 0 N–H and O–H groups in total. The normalized spacial score (nSPS) is 19.1. The monoisotopic (exact) mass is 269 g/mol. The number of nitrogens with zero attached hydrogens (tertiary/aromatic N) is 3. The highest BCUT2D eigenvalue weighted by Gasteiger charge is 2.27. The van der Waals surface area contributed by atoms with Gasteiger partial charge in [0.05, 0.1) is 6.07 Å². The molecule has 0 radical (unpaired) electrons. The van der Waals surface area contributed by atoms with Crippen LogP contribution >= 0.6 is 0 Å². The van der Waals surface area contributed by atoms with E-state index in [0.29, 0.717) is 19.2 Å². The van der Waals surface area contributed by atoms with E-state index < -0.39 is 23.5 Å². The molecule has 1 aliphatic rings. The van der Waals surface area contributed by atoms with Gasteiger partial charge in [0.1, 0.15) is 11.9 Å². The van der Waals surface area contributed by atoms with Crippen LogP contribution in [0.4, 0.5) is 13.2 Å². The van der Waals surface area contributed by atoms with E-state index in [2.05, 4.69) is 4.90 Å². The lowest BCUT2D eigenvalue weighted by Crippen LogP contribution is -2.45. The maximum Gasteiger partial charge on any atom is 0.161 e. The predicted molar refractivity (Wildman–Crippen MR) is 63.7 cm³/mol. The van der Waals surface area contributed by atoms with E-state index in [1.807, 2.05) is 13.1 Å². The quantitative estimate of drug-likeness (QED) is 0.768. The molecule has 3 nitrogen and oxygen atoms in total. The third-order valence-electron chi connectivity index (χ3n) is 3.36. The van der Waals surface area contributed by atoms with Crippen LogP contribution in [0.25, 0.3) is 0 Å². The van der Waals surface area contributed by atoms with Crippen molar-refractivity contribution < 1.29 is 13.2 Å². The molecule has 0 saturated carbocycles. The Morgan fingerprint density at radius 3 is 2.21 bits per heavy atom. The fraction of sp³-hybridized carbons (Fsp3) is 0.462. The fourth-order valence-electron chi connectivity index (χ4n) is 2.18. The molecule has 0 aromatic heterocycles. The zero-order chi connectivity index (χ0) is 14.0. The summed E-state index contributed by atoms with van der Waals surface area (Å²) in [7, 11) is 1.96. The van der Waals surface area contributed by atoms with E-state index in [-0.39, 0.29) is 5.56 Å². The molecule has 0 spiro atoms. The molecule has 1 aromatic rings. The minimum absolute atomic E-state index is 0.106. The highest BCUT2D eigenvalue weighted by atomic mass is 19.2. The van der Waals surface area contributed by atoms with Crippen molar-refractivity contribution in [2.45, 2.75) is 6.04 Å². The van der Waals surface area contributed by atoms with Gasteiger partial charge in [0.25, 0.3) is 0 Å². The first-order valence-corrected chi connectivity index (χ1v) is 5.99. The number of nitriles is 1. The summed E-state index contributed by atoms with van der Waals surface area (Å²) in [5.41, 5.74) is -0.106. The smallest absolute Gasteiger partial charge is 0.161 e. The summed E-state index contributed by atoms with van der Waals surface area (Å²) >= 11 is 0. The van der Waals surface area contributed by atoms with Crippen LogP contribution in [-0.4, -0.2) is 43.0 Å². The summed E-state index contributed by atoms with van der Waals surface area (Å²) in [6.07, 6.45) is 0. The molecule has 1 atom stereocenters. The highest BCUT2D eigenvalue weighted by molar-refractivity contribution is 5.27. The first-order chi connectivity index (χ1) is 9.02. The zero-order valence-electron chi connectivity index (χ0n) is 10.5. The Kier molecular flexibility index (Phi) is 4.08. The van der Waals surface area contributed by atoms with Crippen LogP contribution in [0.5, 0.6) is 0 Å². The Morgan fingerprint density at radius 2 is 1.63 bits per heavy atom. The van der Waals surface area contributed by atoms with Gasteiger partial charge in [-0.05, 0) is 13.1 Å². The van der Waals surface area contributed by atoms with Gasteiger partial charge in [-0.25, -0.2) is 13.2 Å². The summed E-state index contributed by atoms with van der Waals surface area (Å²) < 4.78 is 39.8. The lowest BCUT2D eigenvalue weighted by Gasteiger charge is -2.35. The Labute approximate surface area is 109 Å². The van der Waals surface area contributed by atoms with Gasteiger partial charge in [-0.2, -0.15) is 5.26 Å². The second kappa shape index (κ2) is 5.59. The summed E-state index contributed by atoms with van der Waals surface area (Å²) in [4.78, 5) is 3.86. The van der Waals surface area contributed by atoms with E-state index in [0.717, 1.165) is 19.2 Å². The first-order valence-electron chi connectivity index (χ1n) is 5.99. The Balaban J connectivity index is 2.28. The maximum absolute atomic E-state index is 13.7. The van der Waals surface area contributed by atoms with E-state index in [1.165, 1.54) is 0 Å². The van der Waals surface area contributed by atoms with Crippen LogP contribution < -0.4 is 0 Å². The zero-order valence-corrected chi connectivity index (χ0v) is 10.5. The van der Waals surface area contributed by atoms with Crippen molar-refractivity contribution in [1.29, 1.82) is 5.26 Å². The lowest BCUT2D eigenvalue weighted by molar-refractivity contribution is 0.131. The van der Waals surface area contributed by atoms with Gasteiger partial charge in [0.2, 0.25) is 0 Å². The third-order valence-corrected chi connectivity index (χ3v) is 3.36. The van der Waals surface area contributed by atoms with Crippen LogP contribution in [-0.2, 0) is 0 Å². The molecule has 6 heteroatoms. The maximum atomic E-state index is 13.7. The number of likely N-dealkylation sites (N-methyl/N-ethyl adjacent to an activating group) is 1. The molecule has 2 rings (SSSR count). The number of hydrogen-bond acceptors (Lipinski definition) is 3. The summed E-state index contributed by atoms with van der Waals surface area (Å²) in [5.74, 6) is -3.26. The molecule has 1 fully saturated rings. The number of rotatable bonds is 2. The number of halogens is 3. The van der Waals surface area contributed by atoms with Gasteiger partial charge in [0.15, 0.2) is 11.6 Å². The molecule has 1 aliphatic heterocycles. The van der Waals surface area contributed by atoms with Crippen LogP contribution in [0.15, 0.2) is 12.1 Å². The molecule has 1 saturated heterocycles. The van der Waals surface area contributed by atoms with Crippen LogP contribution in [0.1, 0.15) is 11.6 Å². The van der Waals surface area contributed by atoms with Crippen LogP contribution in [0.3, 0.4) is 0 Å². The van der Waals surface area contributed by atoms with E-state index in [1.54, 1.807) is 4.90 Å². The minimum Gasteiger partial charge on any atom is -0.304 e. The average Bonchev–Trinajstić information content (AvgIpc) is 2.38. The summed E-state index contributed by atoms with van der Waals surface area (Å²) in [6, 6.07) is 2.35. The molecule has 1 heterocycles. The van der Waals surface area contributed by atoms with Crippen molar-refractivity contribution in [3.63, 3.8) is 0 Å². The Morgan fingerprint density at radius 1 is 1.05 bits per heavy atom. The largest absolute Gasteiger partial charge is 0.304 e. The van der Waals surface area contributed by atoms with Crippen LogP contribution in [0.2, 0.25) is 0 Å². The minimum atomic E-state index is -1.24. The fourth-order valence-corrected chi connectivity index (χ4v) is 2.18. The Hall–Kier alpha value is -1.58. The van der Waals surface area contributed by atoms with Crippen molar-refractivity contribution >= 4 is 0 Å². The lowest BCUT2D eigenvalue weighted by atomic mass is 10.0. The van der Waals surface area contributed by atoms with Gasteiger partial charge >= 0.3 is 0 Å². The van der Waals surface area contributed by atoms with Crippen molar-refractivity contribution in [2.75, 3.05) is 33.2 Å². The van der Waals surface area contributed by atoms with E-state index >= 15 is 0 Å². The van der Waals surface area contributed by atoms with E-state index in [4.69, 9.17) is 0 Å². The molecular weight excluding hydrogens is 255 g/mol. The van der Waals surface area contributed by atoms with Gasteiger partial charge in [0, 0.05) is 37.8 Å². The van der Waals surface area contributed by atoms with Crippen molar-refractivity contribution in [1.82, 2.24) is 9.80 Å². The van der Waals surface area contributed by atoms with Crippen molar-refractivity contribution in [3.8, 4) is 6.07 Å². The molecule has 0 bridgehead atoms. The van der Waals surface area contributed by atoms with Gasteiger partial charge < -0.3 is 4.90 Å². The summed E-state index contributed by atoms with van der Waals surface area (Å²) in [6.45, 7) is 2.69. The molecule has 1 aromatic carbocycles. The number of benzene rings is 1. The Bertz CT molecular complexity index is 505. The molecule has 1 unspecified atom stereocenters. The SMILES string of the molecule is CN1CCN(C(C#N)c2cc(F)c(F)cc2F)CC1. The van der Waals surface area contributed by atoms with Gasteiger partial charge in [-0.15, -0.1) is 0 Å². The van der Waals surface area contributed by atoms with Crippen molar-refractivity contribution in [2.24, 2.45) is 0 Å². The molecule has 0 aliphatic carbocycles. The predicted octanol–water partition coefficient (Wildman–Crippen LogP) is 1.92. The standard InChI is InChI=1S/C13H14F3N3/c1-18-2-4-19(5-3-18)13(8-17)9-6-11(15)12(16)7-10(9)14/h6-7,13H,2-5H2,1H3. The van der Waals surface area contributed by atoms with Crippen LogP contribution in [0, 0.1) is 28.8 Å². The van der Waals surface area contributed by atoms with Crippen molar-refractivity contribution in [3.05, 3.63) is 35.1 Å². The molecule has 102 valence electrons.